The summed E-state index contributed by atoms with van der Waals surface area (Å²) in [5.41, 5.74) is 1.14. The number of nitrogens with one attached hydrogen (secondary N) is 3. The van der Waals surface area contributed by atoms with Crippen molar-refractivity contribution in [3.63, 3.8) is 0 Å². The van der Waals surface area contributed by atoms with E-state index >= 15 is 0 Å². The van der Waals surface area contributed by atoms with E-state index in [0.29, 0.717) is 38.0 Å². The third-order valence-electron chi connectivity index (χ3n) is 3.97. The molecule has 0 heterocycles. The van der Waals surface area contributed by atoms with Crippen LogP contribution in [0.1, 0.15) is 52.6 Å². The monoisotopic (exact) mass is 412 g/mol. The fourth-order valence-corrected chi connectivity index (χ4v) is 2.98. The lowest BCUT2D eigenvalue weighted by molar-refractivity contribution is 0.271. The van der Waals surface area contributed by atoms with Crippen LogP contribution < -0.4 is 20.1 Å². The minimum atomic E-state index is -3.14. The van der Waals surface area contributed by atoms with Crippen LogP contribution in [0.4, 0.5) is 0 Å². The van der Waals surface area contributed by atoms with Gasteiger partial charge in [-0.25, -0.2) is 13.1 Å². The lowest BCUT2D eigenvalue weighted by Gasteiger charge is -2.19. The molecule has 0 aliphatic carbocycles. The summed E-state index contributed by atoms with van der Waals surface area (Å²) in [4.78, 5) is 4.53. The molecular weight excluding hydrogens is 376 g/mol. The van der Waals surface area contributed by atoms with E-state index in [1.54, 1.807) is 6.92 Å². The van der Waals surface area contributed by atoms with Gasteiger partial charge in [0.2, 0.25) is 10.0 Å². The van der Waals surface area contributed by atoms with E-state index in [2.05, 4.69) is 53.3 Å². The number of hydrogen-bond acceptors (Lipinski definition) is 4. The first-order valence-corrected chi connectivity index (χ1v) is 11.7. The van der Waals surface area contributed by atoms with Crippen molar-refractivity contribution in [2.75, 3.05) is 32.0 Å². The summed E-state index contributed by atoms with van der Waals surface area (Å²) in [6, 6.07) is 8.16. The van der Waals surface area contributed by atoms with Gasteiger partial charge in [0.05, 0.1) is 18.4 Å². The van der Waals surface area contributed by atoms with E-state index in [4.69, 9.17) is 4.74 Å². The normalized spacial score (nSPS) is 13.4. The Hall–Kier alpha value is -1.80. The molecule has 28 heavy (non-hydrogen) atoms. The molecular formula is C20H36N4O3S. The van der Waals surface area contributed by atoms with Crippen LogP contribution in [-0.4, -0.2) is 46.4 Å². The molecule has 0 bridgehead atoms. The van der Waals surface area contributed by atoms with Crippen LogP contribution in [0.3, 0.4) is 0 Å². The molecule has 0 aliphatic rings. The molecule has 160 valence electrons. The lowest BCUT2D eigenvalue weighted by atomic mass is 10.1. The largest absolute Gasteiger partial charge is 0.493 e. The van der Waals surface area contributed by atoms with Gasteiger partial charge in [-0.3, -0.25) is 4.99 Å². The molecule has 1 aromatic rings. The molecule has 0 aliphatic heterocycles. The van der Waals surface area contributed by atoms with Gasteiger partial charge >= 0.3 is 0 Å². The minimum Gasteiger partial charge on any atom is -0.493 e. The van der Waals surface area contributed by atoms with Gasteiger partial charge < -0.3 is 15.4 Å². The first kappa shape index (κ1) is 24.2. The molecule has 7 nitrogen and oxygen atoms in total. The van der Waals surface area contributed by atoms with Crippen molar-refractivity contribution < 1.29 is 13.2 Å². The topological polar surface area (TPSA) is 91.8 Å². The Kier molecular flexibility index (Phi) is 10.9. The summed E-state index contributed by atoms with van der Waals surface area (Å²) in [6.07, 6.45) is 0.645. The van der Waals surface area contributed by atoms with Gasteiger partial charge in [-0.05, 0) is 50.8 Å². The van der Waals surface area contributed by atoms with Crippen molar-refractivity contribution in [3.05, 3.63) is 29.8 Å². The molecule has 3 N–H and O–H groups in total. The molecule has 0 fully saturated rings. The Morgan fingerprint density at radius 2 is 1.82 bits per heavy atom. The van der Waals surface area contributed by atoms with Gasteiger partial charge in [0, 0.05) is 19.6 Å². The SMILES string of the molecule is CCNC(=NCCCNS(=O)(=O)CC)NC(C)c1ccc(OCC(C)C)cc1. The van der Waals surface area contributed by atoms with Gasteiger partial charge in [-0.2, -0.15) is 0 Å². The summed E-state index contributed by atoms with van der Waals surface area (Å²) >= 11 is 0. The van der Waals surface area contributed by atoms with Crippen molar-refractivity contribution in [1.29, 1.82) is 0 Å². The zero-order valence-electron chi connectivity index (χ0n) is 17.8. The van der Waals surface area contributed by atoms with Crippen LogP contribution in [0.2, 0.25) is 0 Å². The average molecular weight is 413 g/mol. The van der Waals surface area contributed by atoms with E-state index < -0.39 is 10.0 Å². The van der Waals surface area contributed by atoms with Crippen LogP contribution in [0, 0.1) is 5.92 Å². The van der Waals surface area contributed by atoms with Crippen molar-refractivity contribution in [1.82, 2.24) is 15.4 Å². The summed E-state index contributed by atoms with van der Waals surface area (Å²) in [7, 11) is -3.14. The Labute approximate surface area is 170 Å². The lowest BCUT2D eigenvalue weighted by Crippen LogP contribution is -2.39. The molecule has 1 rings (SSSR count). The number of benzene rings is 1. The van der Waals surface area contributed by atoms with Crippen molar-refractivity contribution >= 4 is 16.0 Å². The summed E-state index contributed by atoms with van der Waals surface area (Å²) < 4.78 is 31.1. The van der Waals surface area contributed by atoms with E-state index in [1.165, 1.54) is 0 Å². The van der Waals surface area contributed by atoms with Crippen LogP contribution >= 0.6 is 0 Å². The molecule has 1 aromatic carbocycles. The number of aliphatic imine (C=N–C) groups is 1. The number of sulfonamides is 1. The molecule has 0 aromatic heterocycles. The second-order valence-electron chi connectivity index (χ2n) is 7.05. The smallest absolute Gasteiger partial charge is 0.211 e. The number of ether oxygens (including phenoxy) is 1. The highest BCUT2D eigenvalue weighted by Crippen LogP contribution is 2.18. The van der Waals surface area contributed by atoms with Gasteiger partial charge in [-0.1, -0.05) is 26.0 Å². The molecule has 8 heteroatoms. The molecule has 1 unspecified atom stereocenters. The highest BCUT2D eigenvalue weighted by Gasteiger charge is 2.09. The number of nitrogens with zero attached hydrogens (tertiary/aromatic N) is 1. The molecule has 0 saturated heterocycles. The predicted molar refractivity (Wildman–Crippen MR) is 116 cm³/mol. The summed E-state index contributed by atoms with van der Waals surface area (Å²) in [5, 5.41) is 6.60. The van der Waals surface area contributed by atoms with Gasteiger partial charge in [0.25, 0.3) is 0 Å². The van der Waals surface area contributed by atoms with Gasteiger partial charge in [0.1, 0.15) is 5.75 Å². The number of hydrogen-bond donors (Lipinski definition) is 3. The number of guanidine groups is 1. The second kappa shape index (κ2) is 12.6. The fraction of sp³-hybridized carbons (Fsp3) is 0.650. The van der Waals surface area contributed by atoms with E-state index in [0.717, 1.165) is 17.9 Å². The molecule has 0 radical (unpaired) electrons. The summed E-state index contributed by atoms with van der Waals surface area (Å²) in [6.45, 7) is 12.4. The first-order valence-electron chi connectivity index (χ1n) is 10.0. The number of rotatable bonds is 12. The van der Waals surface area contributed by atoms with Crippen LogP contribution in [0.15, 0.2) is 29.3 Å². The van der Waals surface area contributed by atoms with E-state index in [9.17, 15) is 8.42 Å². The molecule has 0 spiro atoms. The molecule has 1 atom stereocenters. The Morgan fingerprint density at radius 3 is 2.39 bits per heavy atom. The Balaban J connectivity index is 2.55. The minimum absolute atomic E-state index is 0.0792. The third-order valence-corrected chi connectivity index (χ3v) is 5.37. The van der Waals surface area contributed by atoms with Crippen LogP contribution in [-0.2, 0) is 10.0 Å². The maximum absolute atomic E-state index is 11.4. The van der Waals surface area contributed by atoms with Gasteiger partial charge in [-0.15, -0.1) is 0 Å². The highest BCUT2D eigenvalue weighted by molar-refractivity contribution is 7.89. The van der Waals surface area contributed by atoms with Crippen LogP contribution in [0.5, 0.6) is 5.75 Å². The quantitative estimate of drug-likeness (QED) is 0.279. The first-order chi connectivity index (χ1) is 13.3. The molecule has 0 amide bonds. The van der Waals surface area contributed by atoms with E-state index in [1.807, 2.05) is 19.1 Å². The predicted octanol–water partition coefficient (Wildman–Crippen LogP) is 2.67. The Bertz CT molecular complexity index is 688. The van der Waals surface area contributed by atoms with Crippen molar-refractivity contribution in [2.24, 2.45) is 10.9 Å². The summed E-state index contributed by atoms with van der Waals surface area (Å²) in [5.74, 6) is 2.18. The maximum Gasteiger partial charge on any atom is 0.211 e. The standard InChI is InChI=1S/C20H36N4O3S/c1-6-21-20(22-13-8-14-23-28(25,26)7-2)24-17(5)18-9-11-19(12-10-18)27-15-16(3)4/h9-12,16-17,23H,6-8,13-15H2,1-5H3,(H2,21,22,24). The highest BCUT2D eigenvalue weighted by atomic mass is 32.2. The van der Waals surface area contributed by atoms with Gasteiger partial charge in [0.15, 0.2) is 5.96 Å². The average Bonchev–Trinajstić information content (AvgIpc) is 2.66. The fourth-order valence-electron chi connectivity index (χ4n) is 2.32. The van der Waals surface area contributed by atoms with Crippen molar-refractivity contribution in [2.45, 2.75) is 47.1 Å². The second-order valence-corrected chi connectivity index (χ2v) is 9.15. The molecule has 0 saturated carbocycles. The Morgan fingerprint density at radius 1 is 1.14 bits per heavy atom. The zero-order chi connectivity index (χ0) is 21.0. The van der Waals surface area contributed by atoms with E-state index in [-0.39, 0.29) is 11.8 Å². The third kappa shape index (κ3) is 9.94. The van der Waals surface area contributed by atoms with Crippen molar-refractivity contribution in [3.8, 4) is 5.75 Å². The maximum atomic E-state index is 11.4. The zero-order valence-corrected chi connectivity index (χ0v) is 18.6. The van der Waals surface area contributed by atoms with Crippen LogP contribution in [0.25, 0.3) is 0 Å².